The molecule has 1 N–H and O–H groups in total. The lowest BCUT2D eigenvalue weighted by Gasteiger charge is -2.36. The van der Waals surface area contributed by atoms with E-state index in [1.54, 1.807) is 6.20 Å². The van der Waals surface area contributed by atoms with Crippen LogP contribution in [0.4, 0.5) is 15.2 Å². The number of hydrogen-bond donors (Lipinski definition) is 1. The van der Waals surface area contributed by atoms with Crippen molar-refractivity contribution in [3.05, 3.63) is 54.5 Å². The first-order valence-corrected chi connectivity index (χ1v) is 9.81. The first-order chi connectivity index (χ1) is 13.3. The molecule has 3 aromatic rings. The fourth-order valence-electron chi connectivity index (χ4n) is 3.09. The first kappa shape index (κ1) is 17.8. The molecule has 6 nitrogen and oxygen atoms in total. The predicted octanol–water partition coefficient (Wildman–Crippen LogP) is 2.97. The van der Waals surface area contributed by atoms with Gasteiger partial charge in [0.1, 0.15) is 11.5 Å². The van der Waals surface area contributed by atoms with Gasteiger partial charge in [0.25, 0.3) is 0 Å². The van der Waals surface area contributed by atoms with Crippen LogP contribution in [0, 0.1) is 5.82 Å². The molecule has 8 heteroatoms. The third-order valence-electron chi connectivity index (χ3n) is 4.58. The zero-order chi connectivity index (χ0) is 18.5. The first-order valence-electron chi connectivity index (χ1n) is 8.99. The van der Waals surface area contributed by atoms with Gasteiger partial charge in [-0.15, -0.1) is 10.2 Å². The molecule has 0 unspecified atom stereocenters. The number of halogens is 1. The van der Waals surface area contributed by atoms with Crippen molar-refractivity contribution in [2.24, 2.45) is 0 Å². The molecule has 0 spiro atoms. The summed E-state index contributed by atoms with van der Waals surface area (Å²) in [5.41, 5.74) is 1.94. The number of nitrogens with one attached hydrogen (secondary N) is 1. The Kier molecular flexibility index (Phi) is 5.55. The molecule has 4 rings (SSSR count). The molecule has 1 aromatic carbocycles. The minimum Gasteiger partial charge on any atom is -0.369 e. The molecular weight excluding hydrogens is 363 g/mol. The average molecular weight is 384 g/mol. The Morgan fingerprint density at radius 1 is 1.00 bits per heavy atom. The third kappa shape index (κ3) is 4.58. The molecule has 1 aliphatic heterocycles. The summed E-state index contributed by atoms with van der Waals surface area (Å²) in [5, 5.41) is 13.4. The lowest BCUT2D eigenvalue weighted by molar-refractivity contribution is 0.267. The second-order valence-electron chi connectivity index (χ2n) is 6.36. The second-order valence-corrected chi connectivity index (χ2v) is 7.34. The second kappa shape index (κ2) is 8.41. The molecule has 0 amide bonds. The van der Waals surface area contributed by atoms with Gasteiger partial charge in [-0.1, -0.05) is 17.4 Å². The van der Waals surface area contributed by atoms with Crippen LogP contribution in [-0.4, -0.2) is 59.3 Å². The van der Waals surface area contributed by atoms with Gasteiger partial charge in [0.15, 0.2) is 5.01 Å². The summed E-state index contributed by atoms with van der Waals surface area (Å²) < 4.78 is 13.0. The molecule has 1 saturated heterocycles. The maximum absolute atomic E-state index is 13.0. The Morgan fingerprint density at radius 3 is 2.56 bits per heavy atom. The molecule has 1 fully saturated rings. The lowest BCUT2D eigenvalue weighted by atomic mass is 10.2. The highest BCUT2D eigenvalue weighted by Crippen LogP contribution is 2.24. The van der Waals surface area contributed by atoms with E-state index in [2.05, 4.69) is 30.3 Å². The molecule has 2 aromatic heterocycles. The van der Waals surface area contributed by atoms with Gasteiger partial charge in [-0.05, 0) is 36.4 Å². The SMILES string of the molecule is Fc1ccc(N2CCN(CCNc3nnc(-c4ccccn4)s3)CC2)cc1. The van der Waals surface area contributed by atoms with Crippen molar-refractivity contribution < 1.29 is 4.39 Å². The van der Waals surface area contributed by atoms with Gasteiger partial charge in [-0.3, -0.25) is 9.88 Å². The minimum atomic E-state index is -0.189. The molecule has 1 aliphatic rings. The zero-order valence-electron chi connectivity index (χ0n) is 14.9. The number of hydrogen-bond acceptors (Lipinski definition) is 7. The van der Waals surface area contributed by atoms with Gasteiger partial charge in [0.2, 0.25) is 5.13 Å². The van der Waals surface area contributed by atoms with Crippen molar-refractivity contribution in [3.63, 3.8) is 0 Å². The van der Waals surface area contributed by atoms with Gasteiger partial charge in [0.05, 0.1) is 0 Å². The maximum Gasteiger partial charge on any atom is 0.206 e. The van der Waals surface area contributed by atoms with E-state index >= 15 is 0 Å². The Labute approximate surface area is 161 Å². The standard InChI is InChI=1S/C19H21FN6S/c20-15-4-6-16(7-5-15)26-13-11-25(12-14-26)10-9-22-19-24-23-18(27-19)17-3-1-2-8-21-17/h1-8H,9-14H2,(H,22,24). The fraction of sp³-hybridized carbons (Fsp3) is 0.316. The van der Waals surface area contributed by atoms with E-state index in [9.17, 15) is 4.39 Å². The number of benzene rings is 1. The summed E-state index contributed by atoms with van der Waals surface area (Å²) in [6.45, 7) is 5.68. The Bertz CT molecular complexity index is 846. The van der Waals surface area contributed by atoms with Crippen LogP contribution in [-0.2, 0) is 0 Å². The highest BCUT2D eigenvalue weighted by atomic mass is 32.1. The zero-order valence-corrected chi connectivity index (χ0v) is 15.7. The van der Waals surface area contributed by atoms with Crippen LogP contribution in [0.5, 0.6) is 0 Å². The van der Waals surface area contributed by atoms with Crippen LogP contribution in [0.25, 0.3) is 10.7 Å². The Morgan fingerprint density at radius 2 is 1.81 bits per heavy atom. The summed E-state index contributed by atoms with van der Waals surface area (Å²) >= 11 is 1.52. The van der Waals surface area contributed by atoms with Gasteiger partial charge >= 0.3 is 0 Å². The molecule has 0 radical (unpaired) electrons. The topological polar surface area (TPSA) is 57.2 Å². The monoisotopic (exact) mass is 384 g/mol. The number of nitrogens with zero attached hydrogens (tertiary/aromatic N) is 5. The largest absolute Gasteiger partial charge is 0.369 e. The smallest absolute Gasteiger partial charge is 0.206 e. The van der Waals surface area contributed by atoms with Crippen molar-refractivity contribution in [2.45, 2.75) is 0 Å². The van der Waals surface area contributed by atoms with Crippen molar-refractivity contribution in [3.8, 4) is 10.7 Å². The summed E-state index contributed by atoms with van der Waals surface area (Å²) in [6, 6.07) is 12.5. The summed E-state index contributed by atoms with van der Waals surface area (Å²) in [5.74, 6) is -0.189. The number of aromatic nitrogens is 3. The predicted molar refractivity (Wildman–Crippen MR) is 107 cm³/mol. The Balaban J connectivity index is 1.22. The highest BCUT2D eigenvalue weighted by Gasteiger charge is 2.17. The normalized spacial score (nSPS) is 15.1. The fourth-order valence-corrected chi connectivity index (χ4v) is 3.84. The molecule has 3 heterocycles. The van der Waals surface area contributed by atoms with E-state index in [0.717, 1.165) is 60.8 Å². The van der Waals surface area contributed by atoms with E-state index in [1.165, 1.54) is 23.5 Å². The molecule has 0 atom stereocenters. The van der Waals surface area contributed by atoms with Gasteiger partial charge in [-0.2, -0.15) is 0 Å². The van der Waals surface area contributed by atoms with Crippen LogP contribution >= 0.6 is 11.3 Å². The molecule has 0 bridgehead atoms. The van der Waals surface area contributed by atoms with Crippen molar-refractivity contribution in [1.29, 1.82) is 0 Å². The van der Waals surface area contributed by atoms with Gasteiger partial charge in [-0.25, -0.2) is 4.39 Å². The minimum absolute atomic E-state index is 0.189. The number of pyridine rings is 1. The summed E-state index contributed by atoms with van der Waals surface area (Å²) in [4.78, 5) is 9.02. The lowest BCUT2D eigenvalue weighted by Crippen LogP contribution is -2.47. The van der Waals surface area contributed by atoms with Crippen LogP contribution in [0.15, 0.2) is 48.7 Å². The van der Waals surface area contributed by atoms with E-state index in [-0.39, 0.29) is 5.82 Å². The number of piperazine rings is 1. The molecular formula is C19H21FN6S. The molecule has 27 heavy (non-hydrogen) atoms. The molecule has 140 valence electrons. The molecule has 0 aliphatic carbocycles. The van der Waals surface area contributed by atoms with E-state index < -0.39 is 0 Å². The highest BCUT2D eigenvalue weighted by molar-refractivity contribution is 7.18. The maximum atomic E-state index is 13.0. The van der Waals surface area contributed by atoms with E-state index in [0.29, 0.717) is 0 Å². The summed E-state index contributed by atoms with van der Waals surface area (Å²) in [6.07, 6.45) is 1.76. The van der Waals surface area contributed by atoms with Crippen LogP contribution in [0.3, 0.4) is 0 Å². The van der Waals surface area contributed by atoms with Gasteiger partial charge < -0.3 is 10.2 Å². The van der Waals surface area contributed by atoms with Crippen LogP contribution < -0.4 is 10.2 Å². The molecule has 0 saturated carbocycles. The van der Waals surface area contributed by atoms with Crippen LogP contribution in [0.1, 0.15) is 0 Å². The summed E-state index contributed by atoms with van der Waals surface area (Å²) in [7, 11) is 0. The van der Waals surface area contributed by atoms with Gasteiger partial charge in [0, 0.05) is 51.2 Å². The van der Waals surface area contributed by atoms with Crippen molar-refractivity contribution >= 4 is 22.2 Å². The van der Waals surface area contributed by atoms with E-state index in [4.69, 9.17) is 0 Å². The van der Waals surface area contributed by atoms with Crippen molar-refractivity contribution in [2.75, 3.05) is 49.5 Å². The third-order valence-corrected chi connectivity index (χ3v) is 5.48. The van der Waals surface area contributed by atoms with E-state index in [1.807, 2.05) is 30.3 Å². The quantitative estimate of drug-likeness (QED) is 0.705. The number of rotatable bonds is 6. The average Bonchev–Trinajstić information content (AvgIpc) is 3.19. The Hall–Kier alpha value is -2.58. The van der Waals surface area contributed by atoms with Crippen molar-refractivity contribution in [1.82, 2.24) is 20.1 Å². The number of anilines is 2. The van der Waals surface area contributed by atoms with Crippen LogP contribution in [0.2, 0.25) is 0 Å².